The minimum absolute atomic E-state index is 0.0333. The number of hydrogen-bond donors (Lipinski definition) is 2. The van der Waals surface area contributed by atoms with Gasteiger partial charge in [-0.05, 0) is 19.3 Å². The molecule has 1 saturated heterocycles. The fourth-order valence-corrected chi connectivity index (χ4v) is 3.57. The Morgan fingerprint density at radius 1 is 1.33 bits per heavy atom. The second-order valence-electron chi connectivity index (χ2n) is 5.02. The Hall–Kier alpha value is -1.19. The molecule has 0 bridgehead atoms. The van der Waals surface area contributed by atoms with Crippen LogP contribution in [0.3, 0.4) is 0 Å². The quantitative estimate of drug-likeness (QED) is 0.617. The van der Waals surface area contributed by atoms with Crippen molar-refractivity contribution in [2.45, 2.75) is 31.7 Å². The van der Waals surface area contributed by atoms with E-state index in [1.165, 1.54) is 7.11 Å². The zero-order chi connectivity index (χ0) is 15.9. The highest BCUT2D eigenvalue weighted by Crippen LogP contribution is 2.12. The average molecular weight is 322 g/mol. The van der Waals surface area contributed by atoms with Gasteiger partial charge in [0.1, 0.15) is 6.61 Å². The van der Waals surface area contributed by atoms with Crippen molar-refractivity contribution >= 4 is 21.9 Å². The Kier molecular flexibility index (Phi) is 7.06. The Balaban J connectivity index is 2.34. The van der Waals surface area contributed by atoms with E-state index in [0.717, 1.165) is 0 Å². The number of ether oxygens (including phenoxy) is 1. The van der Waals surface area contributed by atoms with Crippen LogP contribution in [0.25, 0.3) is 0 Å². The molecule has 1 aliphatic rings. The summed E-state index contributed by atoms with van der Waals surface area (Å²) in [7, 11) is -2.01. The lowest BCUT2D eigenvalue weighted by molar-refractivity contribution is -0.137. The highest BCUT2D eigenvalue weighted by atomic mass is 32.2. The fraction of sp³-hybridized carbons (Fsp3) is 0.833. The summed E-state index contributed by atoms with van der Waals surface area (Å²) in [5, 5.41) is 8.49. The van der Waals surface area contributed by atoms with E-state index < -0.39 is 16.0 Å². The highest BCUT2D eigenvalue weighted by molar-refractivity contribution is 7.89. The Bertz CT molecular complexity index is 456. The van der Waals surface area contributed by atoms with E-state index in [1.54, 1.807) is 4.90 Å². The van der Waals surface area contributed by atoms with Crippen LogP contribution in [0, 0.1) is 0 Å². The molecule has 0 radical (unpaired) electrons. The number of carbonyl (C=O) groups excluding carboxylic acids is 1. The predicted molar refractivity (Wildman–Crippen MR) is 75.3 cm³/mol. The second kappa shape index (κ2) is 8.30. The van der Waals surface area contributed by atoms with E-state index in [0.29, 0.717) is 25.9 Å². The van der Waals surface area contributed by atoms with Gasteiger partial charge < -0.3 is 14.7 Å². The summed E-state index contributed by atoms with van der Waals surface area (Å²) in [5.41, 5.74) is 0. The third kappa shape index (κ3) is 6.87. The third-order valence-electron chi connectivity index (χ3n) is 3.27. The number of rotatable bonds is 8. The van der Waals surface area contributed by atoms with E-state index >= 15 is 0 Å². The largest absolute Gasteiger partial charge is 0.481 e. The molecule has 0 spiro atoms. The number of nitrogens with one attached hydrogen (secondary N) is 1. The number of piperidine rings is 1. The van der Waals surface area contributed by atoms with E-state index in [4.69, 9.17) is 9.84 Å². The molecule has 1 fully saturated rings. The molecule has 21 heavy (non-hydrogen) atoms. The normalized spacial score (nSPS) is 16.9. The summed E-state index contributed by atoms with van der Waals surface area (Å²) in [6.07, 6.45) is 1.03. The summed E-state index contributed by atoms with van der Waals surface area (Å²) in [6.45, 7) is 1.01. The summed E-state index contributed by atoms with van der Waals surface area (Å²) < 4.78 is 30.9. The van der Waals surface area contributed by atoms with E-state index in [2.05, 4.69) is 4.72 Å². The van der Waals surface area contributed by atoms with Crippen LogP contribution in [-0.2, 0) is 24.3 Å². The maximum atomic E-state index is 11.8. The van der Waals surface area contributed by atoms with Crippen molar-refractivity contribution in [3.63, 3.8) is 0 Å². The summed E-state index contributed by atoms with van der Waals surface area (Å²) >= 11 is 0. The standard InChI is InChI=1S/C12H22N2O6S/c1-20-9-11(15)14-6-4-10(5-7-14)13-21(18,19)8-2-3-12(16)17/h10,13H,2-9H2,1H3,(H,16,17). The number of nitrogens with zero attached hydrogens (tertiary/aromatic N) is 1. The SMILES string of the molecule is COCC(=O)N1CCC(NS(=O)(=O)CCCC(=O)O)CC1. The van der Waals surface area contributed by atoms with Gasteiger partial charge >= 0.3 is 5.97 Å². The van der Waals surface area contributed by atoms with Crippen LogP contribution in [0.2, 0.25) is 0 Å². The summed E-state index contributed by atoms with van der Waals surface area (Å²) in [4.78, 5) is 23.6. The molecule has 2 N–H and O–H groups in total. The minimum atomic E-state index is -3.47. The van der Waals surface area contributed by atoms with Gasteiger partial charge in [-0.1, -0.05) is 0 Å². The van der Waals surface area contributed by atoms with Crippen molar-refractivity contribution in [3.05, 3.63) is 0 Å². The van der Waals surface area contributed by atoms with Crippen LogP contribution in [0.15, 0.2) is 0 Å². The lowest BCUT2D eigenvalue weighted by Crippen LogP contribution is -2.47. The summed E-state index contributed by atoms with van der Waals surface area (Å²) in [6, 6.07) is -0.202. The minimum Gasteiger partial charge on any atom is -0.481 e. The van der Waals surface area contributed by atoms with Crippen molar-refractivity contribution < 1.29 is 27.9 Å². The van der Waals surface area contributed by atoms with Gasteiger partial charge in [-0.15, -0.1) is 0 Å². The van der Waals surface area contributed by atoms with Gasteiger partial charge in [0.2, 0.25) is 15.9 Å². The molecule has 1 rings (SSSR count). The van der Waals surface area contributed by atoms with Gasteiger partial charge in [-0.25, -0.2) is 13.1 Å². The molecule has 8 nitrogen and oxygen atoms in total. The van der Waals surface area contributed by atoms with Crippen molar-refractivity contribution in [2.24, 2.45) is 0 Å². The molecule has 0 aromatic rings. The molecule has 1 amide bonds. The number of hydrogen-bond acceptors (Lipinski definition) is 5. The topological polar surface area (TPSA) is 113 Å². The molecule has 9 heteroatoms. The van der Waals surface area contributed by atoms with Crippen molar-refractivity contribution in [2.75, 3.05) is 32.6 Å². The van der Waals surface area contributed by atoms with Gasteiger partial charge in [0.05, 0.1) is 5.75 Å². The van der Waals surface area contributed by atoms with Crippen LogP contribution in [0.1, 0.15) is 25.7 Å². The van der Waals surface area contributed by atoms with Crippen LogP contribution in [0.5, 0.6) is 0 Å². The predicted octanol–water partition coefficient (Wildman–Crippen LogP) is -0.592. The van der Waals surface area contributed by atoms with Crippen LogP contribution >= 0.6 is 0 Å². The molecule has 0 aromatic carbocycles. The van der Waals surface area contributed by atoms with Crippen LogP contribution in [-0.4, -0.2) is 68.9 Å². The number of likely N-dealkylation sites (tertiary alicyclic amines) is 1. The maximum Gasteiger partial charge on any atom is 0.303 e. The number of carbonyl (C=O) groups is 2. The number of aliphatic carboxylic acids is 1. The van der Waals surface area contributed by atoms with Crippen LogP contribution < -0.4 is 4.72 Å². The number of methoxy groups -OCH3 is 1. The van der Waals surface area contributed by atoms with Gasteiger partial charge in [0.15, 0.2) is 0 Å². The average Bonchev–Trinajstić information content (AvgIpc) is 2.38. The zero-order valence-electron chi connectivity index (χ0n) is 12.1. The second-order valence-corrected chi connectivity index (χ2v) is 6.90. The molecule has 122 valence electrons. The number of carboxylic acid groups (broad SMARTS) is 1. The first-order valence-electron chi connectivity index (χ1n) is 6.82. The molecule has 0 aliphatic carbocycles. The van der Waals surface area contributed by atoms with Gasteiger partial charge in [-0.3, -0.25) is 9.59 Å². The third-order valence-corrected chi connectivity index (χ3v) is 4.78. The lowest BCUT2D eigenvalue weighted by Gasteiger charge is -2.32. The first-order chi connectivity index (χ1) is 9.84. The van der Waals surface area contributed by atoms with E-state index in [1.807, 2.05) is 0 Å². The van der Waals surface area contributed by atoms with Gasteiger partial charge in [0, 0.05) is 32.7 Å². The molecular formula is C12H22N2O6S. The van der Waals surface area contributed by atoms with Crippen molar-refractivity contribution in [3.8, 4) is 0 Å². The molecule has 0 aromatic heterocycles. The zero-order valence-corrected chi connectivity index (χ0v) is 12.9. The molecule has 0 saturated carbocycles. The Morgan fingerprint density at radius 2 is 1.95 bits per heavy atom. The Morgan fingerprint density at radius 3 is 2.48 bits per heavy atom. The monoisotopic (exact) mass is 322 g/mol. The highest BCUT2D eigenvalue weighted by Gasteiger charge is 2.25. The van der Waals surface area contributed by atoms with E-state index in [9.17, 15) is 18.0 Å². The van der Waals surface area contributed by atoms with Crippen molar-refractivity contribution in [1.29, 1.82) is 0 Å². The Labute approximate surface area is 124 Å². The smallest absolute Gasteiger partial charge is 0.303 e. The van der Waals surface area contributed by atoms with Gasteiger partial charge in [0.25, 0.3) is 0 Å². The first-order valence-corrected chi connectivity index (χ1v) is 8.48. The number of sulfonamides is 1. The maximum absolute atomic E-state index is 11.8. The van der Waals surface area contributed by atoms with Crippen molar-refractivity contribution in [1.82, 2.24) is 9.62 Å². The molecule has 0 atom stereocenters. The van der Waals surface area contributed by atoms with E-state index in [-0.39, 0.29) is 37.2 Å². The van der Waals surface area contributed by atoms with Crippen LogP contribution in [0.4, 0.5) is 0 Å². The number of carboxylic acids is 1. The summed E-state index contributed by atoms with van der Waals surface area (Å²) in [5.74, 6) is -1.29. The molecular weight excluding hydrogens is 300 g/mol. The fourth-order valence-electron chi connectivity index (χ4n) is 2.19. The lowest BCUT2D eigenvalue weighted by atomic mass is 10.1. The molecule has 1 heterocycles. The molecule has 1 aliphatic heterocycles. The first kappa shape index (κ1) is 17.9. The number of amides is 1. The van der Waals surface area contributed by atoms with Gasteiger partial charge in [-0.2, -0.15) is 0 Å². The molecule has 0 unspecified atom stereocenters.